The number of likely N-dealkylation sites (N-methyl/N-ethyl adjacent to an activating group) is 1. The maximum absolute atomic E-state index is 16.7. The highest BCUT2D eigenvalue weighted by atomic mass is 35.5. The number of fused-ring (bicyclic) bond motifs is 14. The summed E-state index contributed by atoms with van der Waals surface area (Å²) in [6, 6.07) is -0.672. The predicted molar refractivity (Wildman–Crippen MR) is 425 cm³/mol. The molecule has 0 aromatic heterocycles. The maximum Gasteiger partial charge on any atom is 0.330 e. The van der Waals surface area contributed by atoms with Crippen molar-refractivity contribution in [2.24, 2.45) is 0 Å². The molecular weight excluding hydrogens is 1690 g/mol. The molecule has 22 N–H and O–H groups in total. The molecule has 7 aromatic carbocycles. The lowest BCUT2D eigenvalue weighted by Gasteiger charge is -2.42. The third-order valence-electron chi connectivity index (χ3n) is 21.2. The number of nitrogens with one attached hydrogen (secondary N) is 8. The van der Waals surface area contributed by atoms with Crippen LogP contribution < -0.4 is 66.2 Å². The lowest BCUT2D eigenvalue weighted by molar-refractivity contribution is -0.277. The molecule has 19 atom stereocenters. The van der Waals surface area contributed by atoms with Crippen LogP contribution in [0.4, 0.5) is 0 Å². The van der Waals surface area contributed by atoms with E-state index in [2.05, 4.69) is 42.5 Å². The van der Waals surface area contributed by atoms with Crippen LogP contribution in [0, 0.1) is 0 Å². The summed E-state index contributed by atoms with van der Waals surface area (Å²) >= 11 is 28.5. The monoisotopic (exact) mass is 1770 g/mol. The molecule has 19 unspecified atom stereocenters. The second-order valence-electron chi connectivity index (χ2n) is 29.3. The van der Waals surface area contributed by atoms with Crippen molar-refractivity contribution in [2.75, 3.05) is 20.3 Å². The van der Waals surface area contributed by atoms with Gasteiger partial charge >= 0.3 is 5.97 Å². The van der Waals surface area contributed by atoms with E-state index in [9.17, 15) is 85.9 Å². The minimum atomic E-state index is -2.55. The first-order valence-electron chi connectivity index (χ1n) is 38.0. The van der Waals surface area contributed by atoms with Crippen molar-refractivity contribution in [1.29, 1.82) is 0 Å². The summed E-state index contributed by atoms with van der Waals surface area (Å²) < 4.78 is 44.1. The van der Waals surface area contributed by atoms with E-state index >= 15 is 24.0 Å². The number of carbonyl (C=O) groups is 8. The number of benzene rings is 7. The fourth-order valence-electron chi connectivity index (χ4n) is 14.8. The number of carbonyl (C=O) groups excluding carboxylic acids is 7. The van der Waals surface area contributed by atoms with E-state index in [1.54, 1.807) is 6.08 Å². The Morgan fingerprint density at radius 2 is 1.09 bits per heavy atom. The van der Waals surface area contributed by atoms with Crippen LogP contribution in [-0.4, -0.2) is 213 Å². The maximum atomic E-state index is 16.7. The summed E-state index contributed by atoms with van der Waals surface area (Å²) in [4.78, 5) is 123. The van der Waals surface area contributed by atoms with Crippen molar-refractivity contribution >= 4 is 93.7 Å². The Labute approximate surface area is 711 Å². The fraction of sp³-hybridized carbons (Fsp3) is 0.358. The molecule has 41 heteroatoms. The van der Waals surface area contributed by atoms with E-state index in [0.717, 1.165) is 104 Å². The molecule has 2 saturated heterocycles. The summed E-state index contributed by atoms with van der Waals surface area (Å²) in [6.07, 6.45) is -15.5. The van der Waals surface area contributed by atoms with Crippen molar-refractivity contribution in [3.63, 3.8) is 0 Å². The number of aromatic hydroxyl groups is 4. The number of carboxylic acids is 1. The van der Waals surface area contributed by atoms with Crippen LogP contribution >= 0.6 is 46.4 Å². The SMILES string of the molecule is CCCCCC=CCCC(=O)NC1C(Oc2c3cc4cc2Oc2c(Cl)cc(cc2Cl)C(O)C2NC(=O)C(NC(=O)C4NC(=O)C4NC(=O)C(NC(=O)C(NC)c5ccc(O)c(c5)Oc5cc(O)c(Cl)c4c5)C(O)c4ccc(c(Cl)c4)O3)c3ccc(O)c(c3)-c3c(OC4OC(CO)C(O)C(O)C4O)cc(O)cc3C(C(=O)O)NC2=O)OC(CO)C(O)C1O. The number of amides is 7. The van der Waals surface area contributed by atoms with Crippen LogP contribution in [-0.2, 0) is 47.8 Å². The molecule has 15 rings (SSSR count). The minimum absolute atomic E-state index is 0.0839. The Morgan fingerprint density at radius 3 is 1.76 bits per heavy atom. The number of ether oxygens (including phenoxy) is 7. The van der Waals surface area contributed by atoms with Gasteiger partial charge in [0.05, 0.1) is 33.3 Å². The van der Waals surface area contributed by atoms with Gasteiger partial charge in [-0.3, -0.25) is 33.6 Å². The Bertz CT molecular complexity index is 5260. The Morgan fingerprint density at radius 1 is 0.508 bits per heavy atom. The van der Waals surface area contributed by atoms with Crippen molar-refractivity contribution in [3.05, 3.63) is 174 Å². The fourth-order valence-corrected chi connectivity index (χ4v) is 15.8. The van der Waals surface area contributed by atoms with Gasteiger partial charge < -0.3 is 147 Å². The molecule has 0 radical (unpaired) electrons. The standard InChI is InChI=1S/C81H82Cl4N8O29/c1-3-4-5-6-7-8-9-10-53(100)87-63-68(105)66(103)51(28-94)120-80(63)122-72-49-22-33-23-50(72)118-71-41(83)19-34(20-42(71)84)65(102)62-78(113)91-60(79(114)115)38-24-35(96)25-48(119-81-70(107)69(106)67(104)52(29-95)121-81)54(38)37-17-30(11-14-43(37)97)57(74(109)93-62)88-75(110)58(33)89-76(111)59-39-26-36(27-45(99)55(39)85)116-47-21-31(12-15-44(47)98)56(86-2)73(108)92-61(77(112)90-59)64(101)32-13-16-46(117-49)40(82)18-32/h7-8,11-27,51-52,56-70,80-81,86,94-99,101-107H,3-6,9-10,28-29H2,1-2H3,(H,87,100)(H,88,110)(H,89,111)(H,90,112)(H,91,113)(H,92,108)(H,93,109)(H,114,115). The van der Waals surface area contributed by atoms with Crippen LogP contribution in [0.2, 0.25) is 20.1 Å². The number of allylic oxidation sites excluding steroid dienone is 2. The molecular formula is C81H82Cl4N8O29. The van der Waals surface area contributed by atoms with Crippen molar-refractivity contribution in [2.45, 2.75) is 161 Å². The number of hydrogen-bond acceptors (Lipinski definition) is 29. The molecule has 17 bridgehead atoms. The van der Waals surface area contributed by atoms with E-state index in [-0.39, 0.29) is 29.7 Å². The molecule has 8 aliphatic heterocycles. The third-order valence-corrected chi connectivity index (χ3v) is 22.4. The number of unbranched alkanes of at least 4 members (excludes halogenated alkanes) is 3. The number of aliphatic carboxylic acids is 1. The summed E-state index contributed by atoms with van der Waals surface area (Å²) in [7, 11) is 1.35. The summed E-state index contributed by atoms with van der Waals surface area (Å²) in [5, 5.41) is 178. The average Bonchev–Trinajstić information content (AvgIpc) is 0.758. The first-order valence-corrected chi connectivity index (χ1v) is 39.5. The largest absolute Gasteiger partial charge is 0.508 e. The molecule has 648 valence electrons. The van der Waals surface area contributed by atoms with Gasteiger partial charge in [-0.2, -0.15) is 0 Å². The first kappa shape index (κ1) is 88.7. The summed E-state index contributed by atoms with van der Waals surface area (Å²) in [5.41, 5.74) is -4.34. The molecule has 37 nitrogen and oxygen atoms in total. The first-order chi connectivity index (χ1) is 58.2. The zero-order valence-electron chi connectivity index (χ0n) is 64.0. The van der Waals surface area contributed by atoms with Crippen molar-refractivity contribution in [3.8, 4) is 80.1 Å². The molecule has 122 heavy (non-hydrogen) atoms. The number of aliphatic hydroxyl groups excluding tert-OH is 9. The zero-order chi connectivity index (χ0) is 87.7. The van der Waals surface area contributed by atoms with Crippen LogP contribution in [0.1, 0.15) is 127 Å². The van der Waals surface area contributed by atoms with Crippen LogP contribution in [0.25, 0.3) is 11.1 Å². The highest BCUT2D eigenvalue weighted by Crippen LogP contribution is 2.52. The molecule has 2 fully saturated rings. The van der Waals surface area contributed by atoms with E-state index in [0.29, 0.717) is 6.42 Å². The second kappa shape index (κ2) is 37.3. The van der Waals surface area contributed by atoms with Gasteiger partial charge in [0, 0.05) is 40.8 Å². The average molecular weight is 1770 g/mol. The normalized spacial score (nSPS) is 27.2. The smallest absolute Gasteiger partial charge is 0.330 e. The number of halogens is 4. The number of phenolic OH excluding ortho intramolecular Hbond substituents is 4. The molecule has 7 aromatic rings. The Balaban J connectivity index is 1.07. The second-order valence-corrected chi connectivity index (χ2v) is 30.9. The summed E-state index contributed by atoms with van der Waals surface area (Å²) in [5.74, 6) is -19.5. The Hall–Kier alpha value is -11.1. The molecule has 8 heterocycles. The zero-order valence-corrected chi connectivity index (χ0v) is 67.0. The van der Waals surface area contributed by atoms with Crippen molar-refractivity contribution in [1.82, 2.24) is 42.5 Å². The van der Waals surface area contributed by atoms with E-state index in [1.165, 1.54) is 25.2 Å². The van der Waals surface area contributed by atoms with Crippen LogP contribution in [0.15, 0.2) is 115 Å². The number of phenols is 4. The number of carboxylic acid groups (broad SMARTS) is 1. The molecule has 0 aliphatic carbocycles. The third kappa shape index (κ3) is 18.4. The molecule has 7 amide bonds. The van der Waals surface area contributed by atoms with Gasteiger partial charge in [0.2, 0.25) is 59.7 Å². The molecule has 0 saturated carbocycles. The topological polar surface area (TPSA) is 581 Å². The lowest BCUT2D eigenvalue weighted by Crippen LogP contribution is -2.65. The minimum Gasteiger partial charge on any atom is -0.508 e. The lowest BCUT2D eigenvalue weighted by atomic mass is 9.89. The van der Waals surface area contributed by atoms with Crippen molar-refractivity contribution < 1.29 is 143 Å². The number of hydrogen-bond donors (Lipinski definition) is 22. The van der Waals surface area contributed by atoms with Gasteiger partial charge in [0.25, 0.3) is 0 Å². The predicted octanol–water partition coefficient (Wildman–Crippen LogP) is 4.03. The van der Waals surface area contributed by atoms with E-state index in [4.69, 9.17) is 79.6 Å². The van der Waals surface area contributed by atoms with Crippen LogP contribution in [0.3, 0.4) is 0 Å². The summed E-state index contributed by atoms with van der Waals surface area (Å²) in [6.45, 7) is 0.0121. The van der Waals surface area contributed by atoms with Gasteiger partial charge in [0.1, 0.15) is 132 Å². The number of rotatable bonds is 16. The molecule has 0 spiro atoms. The van der Waals surface area contributed by atoms with Gasteiger partial charge in [-0.05, 0) is 127 Å². The van der Waals surface area contributed by atoms with Gasteiger partial charge in [0.15, 0.2) is 34.8 Å². The quantitative estimate of drug-likeness (QED) is 0.0479. The van der Waals surface area contributed by atoms with Crippen LogP contribution in [0.5, 0.6) is 69.0 Å². The molecule has 8 aliphatic rings. The highest BCUT2D eigenvalue weighted by Gasteiger charge is 2.50. The van der Waals surface area contributed by atoms with Gasteiger partial charge in [-0.1, -0.05) is 96.5 Å². The van der Waals surface area contributed by atoms with E-state index < -0.39 is 299 Å². The number of aliphatic hydroxyl groups is 9. The highest BCUT2D eigenvalue weighted by molar-refractivity contribution is 6.37. The van der Waals surface area contributed by atoms with Gasteiger partial charge in [-0.15, -0.1) is 0 Å². The van der Waals surface area contributed by atoms with Gasteiger partial charge in [-0.25, -0.2) is 4.79 Å². The van der Waals surface area contributed by atoms with E-state index in [1.807, 2.05) is 13.0 Å². The Kier molecular flexibility index (Phi) is 27.1.